The van der Waals surface area contributed by atoms with E-state index in [0.29, 0.717) is 35.4 Å². The van der Waals surface area contributed by atoms with Crippen LogP contribution in [0, 0.1) is 0 Å². The van der Waals surface area contributed by atoms with Crippen LogP contribution in [0.5, 0.6) is 0 Å². The summed E-state index contributed by atoms with van der Waals surface area (Å²) in [6.45, 7) is 0.0148. The number of aliphatic hydroxyl groups is 1. The molecule has 4 heterocycles. The highest BCUT2D eigenvalue weighted by molar-refractivity contribution is 5.98. The fraction of sp³-hybridized carbons (Fsp3) is 0.381. The van der Waals surface area contributed by atoms with Gasteiger partial charge >= 0.3 is 0 Å². The molecule has 1 aliphatic heterocycles. The zero-order chi connectivity index (χ0) is 22.2. The molecule has 0 radical (unpaired) electrons. The van der Waals surface area contributed by atoms with Crippen molar-refractivity contribution in [1.82, 2.24) is 14.5 Å². The van der Waals surface area contributed by atoms with E-state index in [-0.39, 0.29) is 18.0 Å². The van der Waals surface area contributed by atoms with E-state index >= 15 is 0 Å². The summed E-state index contributed by atoms with van der Waals surface area (Å²) in [4.78, 5) is 20.4. The first-order valence-electron chi connectivity index (χ1n) is 9.66. The van der Waals surface area contributed by atoms with Crippen LogP contribution in [0.25, 0.3) is 22.2 Å². The van der Waals surface area contributed by atoms with Crippen molar-refractivity contribution in [3.8, 4) is 11.3 Å². The molecule has 2 N–H and O–H groups in total. The second-order valence-corrected chi connectivity index (χ2v) is 7.42. The highest BCUT2D eigenvalue weighted by atomic mass is 19.3. The second kappa shape index (κ2) is 8.29. The number of fused-ring (bicyclic) bond motifs is 1. The summed E-state index contributed by atoms with van der Waals surface area (Å²) < 4.78 is 40.4. The molecule has 8 nitrogen and oxygen atoms in total. The number of rotatable bonds is 6. The third kappa shape index (κ3) is 3.89. The monoisotopic (exact) mass is 432 g/mol. The van der Waals surface area contributed by atoms with Gasteiger partial charge in [-0.05, 0) is 18.2 Å². The summed E-state index contributed by atoms with van der Waals surface area (Å²) in [5, 5.41) is 12.1. The van der Waals surface area contributed by atoms with Crippen molar-refractivity contribution in [3.05, 3.63) is 41.9 Å². The third-order valence-corrected chi connectivity index (χ3v) is 5.51. The Kier molecular flexibility index (Phi) is 5.69. The van der Waals surface area contributed by atoms with Crippen molar-refractivity contribution in [2.24, 2.45) is 7.05 Å². The van der Waals surface area contributed by atoms with Crippen LogP contribution in [0.1, 0.15) is 24.1 Å². The normalized spacial score (nSPS) is 18.8. The van der Waals surface area contributed by atoms with Crippen LogP contribution in [0.3, 0.4) is 0 Å². The lowest BCUT2D eigenvalue weighted by molar-refractivity contribution is -0.118. The number of carbonyl (C=O) groups excluding carboxylic acids is 1. The number of hydrogen-bond acceptors (Lipinski definition) is 6. The summed E-state index contributed by atoms with van der Waals surface area (Å²) in [6, 6.07) is 4.35. The fourth-order valence-corrected chi connectivity index (χ4v) is 3.80. The molecule has 3 aromatic rings. The minimum atomic E-state index is -2.69. The summed E-state index contributed by atoms with van der Waals surface area (Å²) in [5.41, 5.74) is 1.03. The topological polar surface area (TPSA) is 98.5 Å². The van der Waals surface area contributed by atoms with Crippen LogP contribution in [0.2, 0.25) is 0 Å². The minimum absolute atomic E-state index is 0.164. The zero-order valence-corrected chi connectivity index (χ0v) is 17.1. The van der Waals surface area contributed by atoms with Gasteiger partial charge in [-0.2, -0.15) is 0 Å². The molecule has 3 aromatic heterocycles. The highest BCUT2D eigenvalue weighted by Crippen LogP contribution is 2.38. The molecule has 1 unspecified atom stereocenters. The molecule has 1 saturated heterocycles. The second-order valence-electron chi connectivity index (χ2n) is 7.42. The Balaban J connectivity index is 1.88. The van der Waals surface area contributed by atoms with Crippen molar-refractivity contribution in [3.63, 3.8) is 0 Å². The Hall–Kier alpha value is -2.95. The number of nitrogens with one attached hydrogen (secondary N) is 1. The van der Waals surface area contributed by atoms with Crippen molar-refractivity contribution < 1.29 is 28.2 Å². The number of nitrogens with zero attached hydrogens (tertiary/aromatic N) is 3. The van der Waals surface area contributed by atoms with Crippen LogP contribution >= 0.6 is 0 Å². The Morgan fingerprint density at radius 3 is 2.87 bits per heavy atom. The summed E-state index contributed by atoms with van der Waals surface area (Å²) >= 11 is 0. The van der Waals surface area contributed by atoms with E-state index in [4.69, 9.17) is 14.6 Å². The number of aromatic nitrogens is 3. The Morgan fingerprint density at radius 1 is 1.42 bits per heavy atom. The van der Waals surface area contributed by atoms with Crippen molar-refractivity contribution in [2.45, 2.75) is 18.4 Å². The third-order valence-electron chi connectivity index (χ3n) is 5.51. The van der Waals surface area contributed by atoms with Gasteiger partial charge in [0, 0.05) is 49.9 Å². The van der Waals surface area contributed by atoms with E-state index in [1.807, 2.05) is 0 Å². The van der Waals surface area contributed by atoms with E-state index in [0.717, 1.165) is 5.52 Å². The molecule has 0 aliphatic carbocycles. The zero-order valence-electron chi connectivity index (χ0n) is 17.1. The maximum Gasteiger partial charge on any atom is 0.263 e. The van der Waals surface area contributed by atoms with Crippen molar-refractivity contribution >= 4 is 22.6 Å². The molecule has 1 aliphatic rings. The highest BCUT2D eigenvalue weighted by Gasteiger charge is 2.39. The Labute approximate surface area is 176 Å². The standard InChI is InChI=1S/C21H22F2N4O4/c1-27-9-14(13-7-18(24-8-16(13)27)26-19(29)10-28)15-5-12(20(22)23)6-17(25-15)21(30-2)3-4-31-11-21/h5-9,20,28H,3-4,10-11H2,1-2H3,(H,24,26,29). The number of alkyl halides is 2. The number of amides is 1. The Bertz CT molecular complexity index is 1130. The van der Waals surface area contributed by atoms with E-state index in [1.54, 1.807) is 30.1 Å². The first-order valence-corrected chi connectivity index (χ1v) is 9.66. The lowest BCUT2D eigenvalue weighted by atomic mass is 9.95. The van der Waals surface area contributed by atoms with Crippen LogP contribution in [0.15, 0.2) is 30.6 Å². The Morgan fingerprint density at radius 2 is 2.23 bits per heavy atom. The molecule has 10 heteroatoms. The van der Waals surface area contributed by atoms with Crippen LogP contribution in [-0.4, -0.2) is 52.5 Å². The maximum atomic E-state index is 13.7. The largest absolute Gasteiger partial charge is 0.387 e. The van der Waals surface area contributed by atoms with Gasteiger partial charge in [0.1, 0.15) is 18.0 Å². The summed E-state index contributed by atoms with van der Waals surface area (Å²) in [7, 11) is 3.32. The number of carbonyl (C=O) groups is 1. The van der Waals surface area contributed by atoms with E-state index < -0.39 is 24.5 Å². The quantitative estimate of drug-likeness (QED) is 0.622. The number of halogens is 2. The summed E-state index contributed by atoms with van der Waals surface area (Å²) in [6.07, 6.45) is 1.16. The van der Waals surface area contributed by atoms with E-state index in [9.17, 15) is 13.6 Å². The fourth-order valence-electron chi connectivity index (χ4n) is 3.80. The van der Waals surface area contributed by atoms with Gasteiger partial charge in [0.05, 0.1) is 29.7 Å². The number of aliphatic hydroxyl groups excluding tert-OH is 1. The predicted molar refractivity (Wildman–Crippen MR) is 109 cm³/mol. The van der Waals surface area contributed by atoms with E-state index in [2.05, 4.69) is 15.3 Å². The van der Waals surface area contributed by atoms with Gasteiger partial charge < -0.3 is 24.5 Å². The molecule has 31 heavy (non-hydrogen) atoms. The molecule has 0 saturated carbocycles. The molecule has 1 atom stereocenters. The SMILES string of the molecule is COC1(c2cc(C(F)F)cc(-c3cn(C)c4cnc(NC(=O)CO)cc34)n2)CCOC1. The van der Waals surface area contributed by atoms with Gasteiger partial charge in [-0.3, -0.25) is 4.79 Å². The smallest absolute Gasteiger partial charge is 0.263 e. The van der Waals surface area contributed by atoms with Crippen LogP contribution in [0.4, 0.5) is 14.6 Å². The van der Waals surface area contributed by atoms with Gasteiger partial charge in [0.15, 0.2) is 0 Å². The minimum Gasteiger partial charge on any atom is -0.387 e. The molecule has 1 fully saturated rings. The lowest BCUT2D eigenvalue weighted by Gasteiger charge is -2.26. The van der Waals surface area contributed by atoms with Crippen LogP contribution in [-0.2, 0) is 26.9 Å². The van der Waals surface area contributed by atoms with Gasteiger partial charge in [-0.25, -0.2) is 18.7 Å². The first-order chi connectivity index (χ1) is 14.9. The van der Waals surface area contributed by atoms with Gasteiger partial charge in [0.2, 0.25) is 0 Å². The van der Waals surface area contributed by atoms with Crippen molar-refractivity contribution in [2.75, 3.05) is 32.2 Å². The number of hydrogen-bond donors (Lipinski definition) is 2. The van der Waals surface area contributed by atoms with Crippen molar-refractivity contribution in [1.29, 1.82) is 0 Å². The molecular weight excluding hydrogens is 410 g/mol. The number of methoxy groups -OCH3 is 1. The van der Waals surface area contributed by atoms with Gasteiger partial charge in [-0.15, -0.1) is 0 Å². The maximum absolute atomic E-state index is 13.7. The summed E-state index contributed by atoms with van der Waals surface area (Å²) in [5.74, 6) is -0.366. The number of anilines is 1. The molecule has 164 valence electrons. The first kappa shape index (κ1) is 21.3. The average molecular weight is 432 g/mol. The molecule has 4 rings (SSSR count). The molecule has 0 aromatic carbocycles. The number of pyridine rings is 2. The molecule has 0 spiro atoms. The average Bonchev–Trinajstić information content (AvgIpc) is 3.39. The molecular formula is C21H22F2N4O4. The molecule has 0 bridgehead atoms. The van der Waals surface area contributed by atoms with Gasteiger partial charge in [0.25, 0.3) is 12.3 Å². The lowest BCUT2D eigenvalue weighted by Crippen LogP contribution is -2.30. The number of aryl methyl sites for hydroxylation is 1. The predicted octanol–water partition coefficient (Wildman–Crippen LogP) is 2.77. The number of ether oxygens (including phenoxy) is 2. The molecule has 1 amide bonds. The van der Waals surface area contributed by atoms with Gasteiger partial charge in [-0.1, -0.05) is 0 Å². The van der Waals surface area contributed by atoms with E-state index in [1.165, 1.54) is 19.2 Å². The van der Waals surface area contributed by atoms with Crippen LogP contribution < -0.4 is 5.32 Å².